The van der Waals surface area contributed by atoms with E-state index in [0.29, 0.717) is 17.3 Å². The normalized spacial score (nSPS) is 11.9. The number of aromatic nitrogens is 3. The number of para-hydroxylation sites is 3. The van der Waals surface area contributed by atoms with Gasteiger partial charge in [-0.25, -0.2) is 8.78 Å². The second-order valence-corrected chi connectivity index (χ2v) is 17.5. The fraction of sp³-hybridized carbons (Fsp3) is 0.148. The number of phenols is 1. The average molecular weight is 984 g/mol. The first-order chi connectivity index (χ1) is 28.7. The molecule has 3 heterocycles. The van der Waals surface area contributed by atoms with E-state index in [2.05, 4.69) is 143 Å². The molecule has 3 aromatic heterocycles. The number of hydrogen-bond donors (Lipinski definition) is 1. The molecule has 9 rings (SSSR count). The monoisotopic (exact) mass is 983 g/mol. The van der Waals surface area contributed by atoms with Crippen molar-refractivity contribution in [1.29, 1.82) is 0 Å². The zero-order valence-corrected chi connectivity index (χ0v) is 37.1. The van der Waals surface area contributed by atoms with Crippen LogP contribution >= 0.6 is 0 Å². The van der Waals surface area contributed by atoms with E-state index < -0.39 is 17.4 Å². The molecule has 1 N–H and O–H groups in total. The Balaban J connectivity index is 0.00000514. The van der Waals surface area contributed by atoms with Gasteiger partial charge in [-0.3, -0.25) is 9.97 Å². The summed E-state index contributed by atoms with van der Waals surface area (Å²) in [5, 5.41) is 13.2. The molecule has 61 heavy (non-hydrogen) atoms. The largest absolute Gasteiger partial charge is 0.504 e. The summed E-state index contributed by atoms with van der Waals surface area (Å²) in [6.07, 6.45) is 1.83. The van der Waals surface area contributed by atoms with Crippen molar-refractivity contribution in [3.8, 4) is 67.5 Å². The number of hydrogen-bond acceptors (Lipinski definition) is 3. The molecule has 0 aliphatic carbocycles. The predicted molar refractivity (Wildman–Crippen MR) is 241 cm³/mol. The first kappa shape index (κ1) is 41.5. The zero-order valence-electron chi connectivity index (χ0n) is 34.8. The van der Waals surface area contributed by atoms with Gasteiger partial charge in [-0.05, 0) is 75.0 Å². The van der Waals surface area contributed by atoms with E-state index >= 15 is 0 Å². The van der Waals surface area contributed by atoms with Crippen LogP contribution in [0.2, 0.25) is 0 Å². The fourth-order valence-corrected chi connectivity index (χ4v) is 8.00. The first-order valence-electron chi connectivity index (χ1n) is 20.2. The summed E-state index contributed by atoms with van der Waals surface area (Å²) in [6.45, 7) is 13.1. The van der Waals surface area contributed by atoms with Gasteiger partial charge in [0.2, 0.25) is 0 Å². The average Bonchev–Trinajstić information content (AvgIpc) is 3.59. The molecule has 0 aliphatic rings. The summed E-state index contributed by atoms with van der Waals surface area (Å²) in [5.74, 6) is -2.52. The Morgan fingerprint density at radius 1 is 0.557 bits per heavy atom. The van der Waals surface area contributed by atoms with E-state index in [9.17, 15) is 13.9 Å². The number of rotatable bonds is 6. The SMILES string of the molecule is CC(C)(C)c1cc(-c2cc(-c3[c-]c(-c4cc(-c5cccc6c7ccccc7n(-c7ccccc7)c56)ccn4)ccc3)nc(-c3cc(F)cc(F)c3O)c2)cc(C(C)(C)C)c1.[Pt]. The van der Waals surface area contributed by atoms with Crippen molar-refractivity contribution < 1.29 is 35.0 Å². The molecule has 0 spiro atoms. The summed E-state index contributed by atoms with van der Waals surface area (Å²) in [5.41, 5.74) is 12.0. The van der Waals surface area contributed by atoms with Crippen LogP contribution in [-0.2, 0) is 31.9 Å². The van der Waals surface area contributed by atoms with Crippen molar-refractivity contribution >= 4 is 21.8 Å². The third-order valence-corrected chi connectivity index (χ3v) is 11.3. The number of aromatic hydroxyl groups is 1. The van der Waals surface area contributed by atoms with E-state index in [1.807, 2.05) is 42.6 Å². The van der Waals surface area contributed by atoms with Crippen molar-refractivity contribution in [1.82, 2.24) is 14.5 Å². The number of phenolic OH excluding ortho intramolecular Hbond substituents is 1. The third-order valence-electron chi connectivity index (χ3n) is 11.3. The van der Waals surface area contributed by atoms with Gasteiger partial charge >= 0.3 is 0 Å². The number of fused-ring (bicyclic) bond motifs is 3. The quantitative estimate of drug-likeness (QED) is 0.169. The van der Waals surface area contributed by atoms with Crippen LogP contribution in [0.5, 0.6) is 5.75 Å². The van der Waals surface area contributed by atoms with Gasteiger partial charge in [0, 0.05) is 72.3 Å². The first-order valence-corrected chi connectivity index (χ1v) is 20.2. The molecule has 0 saturated heterocycles. The molecule has 0 aliphatic heterocycles. The molecular weight excluding hydrogens is 940 g/mol. The Hall–Kier alpha value is -6.23. The minimum absolute atomic E-state index is 0. The summed E-state index contributed by atoms with van der Waals surface area (Å²) >= 11 is 0. The molecule has 0 amide bonds. The summed E-state index contributed by atoms with van der Waals surface area (Å²) < 4.78 is 31.9. The van der Waals surface area contributed by atoms with Crippen molar-refractivity contribution in [3.05, 3.63) is 181 Å². The summed E-state index contributed by atoms with van der Waals surface area (Å²) in [6, 6.07) is 51.0. The zero-order chi connectivity index (χ0) is 41.9. The maximum atomic E-state index is 14.9. The van der Waals surface area contributed by atoms with Gasteiger partial charge in [0.25, 0.3) is 0 Å². The standard InChI is InChI=1S/C54H44F2N3O.Pt/c1-53(2,3)38-25-36(26-39(30-38)54(4,5)6)37-28-48(58-49(29-37)45-31-40(55)32-46(56)52(45)60)35-15-12-14-34(24-35)47-27-33(22-23-57-47)42-19-13-20-44-43-18-10-11-21-50(43)59(51(42)44)41-16-8-7-9-17-41;/h7-23,25-32,60H,1-6H3;/q-1;. The topological polar surface area (TPSA) is 50.9 Å². The Bertz CT molecular complexity index is 3070. The van der Waals surface area contributed by atoms with Crippen LogP contribution in [0.1, 0.15) is 52.7 Å². The molecule has 0 bridgehead atoms. The van der Waals surface area contributed by atoms with Crippen LogP contribution in [0.4, 0.5) is 8.78 Å². The molecule has 6 aromatic carbocycles. The Morgan fingerprint density at radius 3 is 1.89 bits per heavy atom. The van der Waals surface area contributed by atoms with Gasteiger partial charge < -0.3 is 9.67 Å². The van der Waals surface area contributed by atoms with Crippen LogP contribution in [0, 0.1) is 17.7 Å². The summed E-state index contributed by atoms with van der Waals surface area (Å²) in [4.78, 5) is 9.76. The van der Waals surface area contributed by atoms with Gasteiger partial charge in [0.05, 0.1) is 16.7 Å². The molecule has 0 atom stereocenters. The Morgan fingerprint density at radius 2 is 1.16 bits per heavy atom. The van der Waals surface area contributed by atoms with Crippen LogP contribution in [-0.4, -0.2) is 19.6 Å². The maximum Gasteiger partial charge on any atom is 0.168 e. The van der Waals surface area contributed by atoms with Gasteiger partial charge in [-0.1, -0.05) is 138 Å². The second-order valence-electron chi connectivity index (χ2n) is 17.5. The third kappa shape index (κ3) is 7.93. The van der Waals surface area contributed by atoms with Gasteiger partial charge in [0.1, 0.15) is 5.82 Å². The van der Waals surface area contributed by atoms with Crippen molar-refractivity contribution in [2.75, 3.05) is 0 Å². The number of halogens is 2. The molecule has 0 fully saturated rings. The van der Waals surface area contributed by atoms with Gasteiger partial charge in [-0.15, -0.1) is 24.3 Å². The van der Waals surface area contributed by atoms with Gasteiger partial charge in [0.15, 0.2) is 11.6 Å². The van der Waals surface area contributed by atoms with Crippen LogP contribution in [0.15, 0.2) is 152 Å². The molecule has 9 aromatic rings. The molecule has 0 saturated carbocycles. The van der Waals surface area contributed by atoms with Crippen molar-refractivity contribution in [2.45, 2.75) is 52.4 Å². The van der Waals surface area contributed by atoms with Crippen molar-refractivity contribution in [2.24, 2.45) is 0 Å². The molecule has 306 valence electrons. The molecule has 0 radical (unpaired) electrons. The van der Waals surface area contributed by atoms with E-state index in [-0.39, 0.29) is 43.2 Å². The van der Waals surface area contributed by atoms with E-state index in [1.54, 1.807) is 6.07 Å². The molecule has 4 nitrogen and oxygen atoms in total. The predicted octanol–water partition coefficient (Wildman–Crippen LogP) is 14.3. The van der Waals surface area contributed by atoms with Crippen LogP contribution in [0.3, 0.4) is 0 Å². The molecule has 0 unspecified atom stereocenters. The van der Waals surface area contributed by atoms with E-state index in [0.717, 1.165) is 72.8 Å². The smallest absolute Gasteiger partial charge is 0.168 e. The van der Waals surface area contributed by atoms with Gasteiger partial charge in [-0.2, -0.15) is 0 Å². The molecular formula is C54H44F2N3OPt-. The minimum Gasteiger partial charge on any atom is -0.504 e. The van der Waals surface area contributed by atoms with Crippen LogP contribution in [0.25, 0.3) is 83.5 Å². The number of benzene rings is 6. The maximum absolute atomic E-state index is 14.9. The van der Waals surface area contributed by atoms with E-state index in [4.69, 9.17) is 9.97 Å². The Kier molecular flexibility index (Phi) is 10.9. The summed E-state index contributed by atoms with van der Waals surface area (Å²) in [7, 11) is 0. The minimum atomic E-state index is -1.05. The second kappa shape index (κ2) is 16.0. The molecule has 7 heteroatoms. The fourth-order valence-electron chi connectivity index (χ4n) is 8.00. The van der Waals surface area contributed by atoms with Crippen LogP contribution < -0.4 is 0 Å². The van der Waals surface area contributed by atoms with E-state index in [1.165, 1.54) is 5.39 Å². The number of pyridine rings is 2. The number of nitrogens with zero attached hydrogens (tertiary/aromatic N) is 3. The Labute approximate surface area is 369 Å². The van der Waals surface area contributed by atoms with Crippen molar-refractivity contribution in [3.63, 3.8) is 0 Å².